The second-order valence-electron chi connectivity index (χ2n) is 5.47. The summed E-state index contributed by atoms with van der Waals surface area (Å²) in [7, 11) is 4.50. The van der Waals surface area contributed by atoms with E-state index in [0.717, 1.165) is 0 Å². The van der Waals surface area contributed by atoms with Crippen molar-refractivity contribution in [3.63, 3.8) is 0 Å². The van der Waals surface area contributed by atoms with Crippen molar-refractivity contribution in [3.05, 3.63) is 52.6 Å². The SMILES string of the molecule is COc1ccccc1C(=O)c1cc(OC)c(OC)c2c1CCC2=O. The van der Waals surface area contributed by atoms with Crippen LogP contribution in [0.3, 0.4) is 0 Å². The highest BCUT2D eigenvalue weighted by Gasteiger charge is 2.32. The summed E-state index contributed by atoms with van der Waals surface area (Å²) >= 11 is 0. The normalized spacial score (nSPS) is 12.7. The first-order valence-electron chi connectivity index (χ1n) is 7.61. The molecule has 0 spiro atoms. The molecule has 0 atom stereocenters. The number of para-hydroxylation sites is 1. The predicted molar refractivity (Wildman–Crippen MR) is 88.6 cm³/mol. The highest BCUT2D eigenvalue weighted by atomic mass is 16.5. The summed E-state index contributed by atoms with van der Waals surface area (Å²) in [5.41, 5.74) is 2.08. The van der Waals surface area contributed by atoms with Gasteiger partial charge in [0.1, 0.15) is 5.75 Å². The number of carbonyl (C=O) groups is 2. The van der Waals surface area contributed by atoms with E-state index in [0.29, 0.717) is 52.3 Å². The van der Waals surface area contributed by atoms with Gasteiger partial charge in [-0.05, 0) is 30.2 Å². The second kappa shape index (κ2) is 6.35. The topological polar surface area (TPSA) is 61.8 Å². The van der Waals surface area contributed by atoms with Gasteiger partial charge in [0.2, 0.25) is 0 Å². The average molecular weight is 326 g/mol. The molecule has 1 aliphatic rings. The van der Waals surface area contributed by atoms with E-state index in [1.54, 1.807) is 30.3 Å². The lowest BCUT2D eigenvalue weighted by atomic mass is 9.94. The fourth-order valence-corrected chi connectivity index (χ4v) is 3.13. The third-order valence-corrected chi connectivity index (χ3v) is 4.25. The number of methoxy groups -OCH3 is 3. The number of rotatable bonds is 5. The molecule has 0 aromatic heterocycles. The van der Waals surface area contributed by atoms with E-state index in [-0.39, 0.29) is 11.6 Å². The van der Waals surface area contributed by atoms with Gasteiger partial charge < -0.3 is 14.2 Å². The largest absolute Gasteiger partial charge is 0.496 e. The lowest BCUT2D eigenvalue weighted by Gasteiger charge is -2.16. The van der Waals surface area contributed by atoms with Gasteiger partial charge >= 0.3 is 0 Å². The Balaban J connectivity index is 2.22. The highest BCUT2D eigenvalue weighted by molar-refractivity contribution is 6.15. The van der Waals surface area contributed by atoms with Gasteiger partial charge in [0.25, 0.3) is 0 Å². The van der Waals surface area contributed by atoms with E-state index in [9.17, 15) is 9.59 Å². The molecule has 0 fully saturated rings. The summed E-state index contributed by atoms with van der Waals surface area (Å²) < 4.78 is 16.0. The first-order valence-corrected chi connectivity index (χ1v) is 7.61. The van der Waals surface area contributed by atoms with Crippen LogP contribution in [0.1, 0.15) is 38.3 Å². The molecule has 0 amide bonds. The van der Waals surface area contributed by atoms with Gasteiger partial charge in [-0.1, -0.05) is 12.1 Å². The number of ketones is 2. The van der Waals surface area contributed by atoms with Gasteiger partial charge in [0.05, 0.1) is 32.5 Å². The third-order valence-electron chi connectivity index (χ3n) is 4.25. The molecule has 24 heavy (non-hydrogen) atoms. The summed E-state index contributed by atoms with van der Waals surface area (Å²) in [6.45, 7) is 0. The summed E-state index contributed by atoms with van der Waals surface area (Å²) in [6.07, 6.45) is 0.885. The van der Waals surface area contributed by atoms with Crippen LogP contribution in [0.2, 0.25) is 0 Å². The molecule has 0 unspecified atom stereocenters. The minimum absolute atomic E-state index is 0.0326. The Morgan fingerprint density at radius 2 is 1.62 bits per heavy atom. The quantitative estimate of drug-likeness (QED) is 0.790. The van der Waals surface area contributed by atoms with Gasteiger partial charge in [-0.25, -0.2) is 0 Å². The Kier molecular flexibility index (Phi) is 4.25. The molecular weight excluding hydrogens is 308 g/mol. The molecule has 5 heteroatoms. The van der Waals surface area contributed by atoms with Gasteiger partial charge in [0, 0.05) is 12.0 Å². The van der Waals surface area contributed by atoms with Crippen molar-refractivity contribution in [1.82, 2.24) is 0 Å². The Bertz CT molecular complexity index is 823. The van der Waals surface area contributed by atoms with Crippen LogP contribution < -0.4 is 14.2 Å². The molecule has 0 saturated carbocycles. The molecule has 0 aliphatic heterocycles. The molecule has 2 aromatic carbocycles. The van der Waals surface area contributed by atoms with Crippen molar-refractivity contribution in [2.75, 3.05) is 21.3 Å². The predicted octanol–water partition coefficient (Wildman–Crippen LogP) is 3.07. The van der Waals surface area contributed by atoms with Crippen LogP contribution in [0.4, 0.5) is 0 Å². The molecule has 1 aliphatic carbocycles. The highest BCUT2D eigenvalue weighted by Crippen LogP contribution is 2.41. The van der Waals surface area contributed by atoms with Crippen LogP contribution in [-0.2, 0) is 6.42 Å². The molecule has 5 nitrogen and oxygen atoms in total. The zero-order chi connectivity index (χ0) is 17.3. The van der Waals surface area contributed by atoms with Crippen molar-refractivity contribution in [2.45, 2.75) is 12.8 Å². The Hall–Kier alpha value is -2.82. The minimum Gasteiger partial charge on any atom is -0.496 e. The molecule has 0 saturated heterocycles. The summed E-state index contributed by atoms with van der Waals surface area (Å²) in [4.78, 5) is 25.3. The molecule has 0 bridgehead atoms. The van der Waals surface area contributed by atoms with Crippen molar-refractivity contribution in [3.8, 4) is 17.2 Å². The number of carbonyl (C=O) groups excluding carboxylic acids is 2. The standard InChI is InChI=1S/C19H18O5/c1-22-15-7-5-4-6-12(15)18(21)13-10-16(23-2)19(24-3)17-11(13)8-9-14(17)20/h4-7,10H,8-9H2,1-3H3. The monoisotopic (exact) mass is 326 g/mol. The smallest absolute Gasteiger partial charge is 0.197 e. The zero-order valence-electron chi connectivity index (χ0n) is 13.8. The number of hydrogen-bond donors (Lipinski definition) is 0. The van der Waals surface area contributed by atoms with Crippen LogP contribution in [0.15, 0.2) is 30.3 Å². The summed E-state index contributed by atoms with van der Waals surface area (Å²) in [5.74, 6) is 1.04. The Morgan fingerprint density at radius 1 is 0.917 bits per heavy atom. The van der Waals surface area contributed by atoms with Crippen LogP contribution in [0, 0.1) is 0 Å². The van der Waals surface area contributed by atoms with Crippen molar-refractivity contribution in [2.24, 2.45) is 0 Å². The molecule has 124 valence electrons. The molecule has 0 N–H and O–H groups in total. The van der Waals surface area contributed by atoms with Crippen molar-refractivity contribution >= 4 is 11.6 Å². The first-order chi connectivity index (χ1) is 11.6. The maximum absolute atomic E-state index is 13.1. The summed E-state index contributed by atoms with van der Waals surface area (Å²) in [6, 6.07) is 8.67. The fourth-order valence-electron chi connectivity index (χ4n) is 3.13. The van der Waals surface area contributed by atoms with Gasteiger partial charge in [0.15, 0.2) is 23.1 Å². The Morgan fingerprint density at radius 3 is 2.29 bits per heavy atom. The number of Topliss-reactive ketones (excluding diaryl/α,β-unsaturated/α-hetero) is 1. The summed E-state index contributed by atoms with van der Waals surface area (Å²) in [5, 5.41) is 0. The van der Waals surface area contributed by atoms with E-state index in [2.05, 4.69) is 0 Å². The van der Waals surface area contributed by atoms with Crippen molar-refractivity contribution < 1.29 is 23.8 Å². The van der Waals surface area contributed by atoms with Crippen LogP contribution in [0.5, 0.6) is 17.2 Å². The first kappa shape index (κ1) is 16.1. The lowest BCUT2D eigenvalue weighted by Crippen LogP contribution is -2.10. The van der Waals surface area contributed by atoms with E-state index >= 15 is 0 Å². The number of benzene rings is 2. The second-order valence-corrected chi connectivity index (χ2v) is 5.47. The van der Waals surface area contributed by atoms with Crippen LogP contribution in [0.25, 0.3) is 0 Å². The Labute approximate surface area is 140 Å². The van der Waals surface area contributed by atoms with Gasteiger partial charge in [-0.2, -0.15) is 0 Å². The molecule has 3 rings (SSSR count). The fraction of sp³-hybridized carbons (Fsp3) is 0.263. The maximum Gasteiger partial charge on any atom is 0.197 e. The minimum atomic E-state index is -0.195. The van der Waals surface area contributed by atoms with Gasteiger partial charge in [-0.15, -0.1) is 0 Å². The number of ether oxygens (including phenoxy) is 3. The van der Waals surface area contributed by atoms with E-state index in [1.807, 2.05) is 0 Å². The number of hydrogen-bond acceptors (Lipinski definition) is 5. The molecule has 0 heterocycles. The van der Waals surface area contributed by atoms with Gasteiger partial charge in [-0.3, -0.25) is 9.59 Å². The average Bonchev–Trinajstić information content (AvgIpc) is 3.01. The van der Waals surface area contributed by atoms with Crippen LogP contribution in [-0.4, -0.2) is 32.9 Å². The van der Waals surface area contributed by atoms with E-state index < -0.39 is 0 Å². The van der Waals surface area contributed by atoms with Crippen LogP contribution >= 0.6 is 0 Å². The third kappa shape index (κ3) is 2.42. The van der Waals surface area contributed by atoms with E-state index in [1.165, 1.54) is 21.3 Å². The molecule has 0 radical (unpaired) electrons. The maximum atomic E-state index is 13.1. The zero-order valence-corrected chi connectivity index (χ0v) is 13.8. The van der Waals surface area contributed by atoms with Crippen molar-refractivity contribution in [1.29, 1.82) is 0 Å². The molecule has 2 aromatic rings. The molecular formula is C19H18O5. The lowest BCUT2D eigenvalue weighted by molar-refractivity contribution is 0.0990. The van der Waals surface area contributed by atoms with E-state index in [4.69, 9.17) is 14.2 Å². The number of fused-ring (bicyclic) bond motifs is 1.